The van der Waals surface area contributed by atoms with Crippen LogP contribution in [0.2, 0.25) is 5.15 Å². The quantitative estimate of drug-likeness (QED) is 0.487. The van der Waals surface area contributed by atoms with Crippen molar-refractivity contribution in [1.29, 1.82) is 0 Å². The van der Waals surface area contributed by atoms with Crippen molar-refractivity contribution >= 4 is 17.3 Å². The Balaban J connectivity index is 2.39. The number of hydrogen-bond acceptors (Lipinski definition) is 4. The zero-order valence-electron chi connectivity index (χ0n) is 9.76. The summed E-state index contributed by atoms with van der Waals surface area (Å²) in [6.07, 6.45) is 0. The molecule has 0 N–H and O–H groups in total. The first-order chi connectivity index (χ1) is 8.97. The van der Waals surface area contributed by atoms with Gasteiger partial charge in [-0.05, 0) is 36.8 Å². The molecule has 0 radical (unpaired) electrons. The lowest BCUT2D eigenvalue weighted by atomic mass is 10.2. The van der Waals surface area contributed by atoms with Crippen LogP contribution in [-0.4, -0.2) is 9.91 Å². The highest BCUT2D eigenvalue weighted by atomic mass is 35.5. The second-order valence-corrected chi connectivity index (χ2v) is 4.12. The number of halogens is 2. The Morgan fingerprint density at radius 2 is 2.11 bits per heavy atom. The summed E-state index contributed by atoms with van der Waals surface area (Å²) in [7, 11) is 0. The van der Waals surface area contributed by atoms with E-state index in [0.29, 0.717) is 5.56 Å². The van der Waals surface area contributed by atoms with Crippen LogP contribution >= 0.6 is 11.6 Å². The number of aromatic nitrogens is 1. The largest absolute Gasteiger partial charge is 0.434 e. The van der Waals surface area contributed by atoms with Crippen LogP contribution in [0.25, 0.3) is 0 Å². The van der Waals surface area contributed by atoms with Crippen LogP contribution in [0.4, 0.5) is 10.1 Å². The Bertz CT molecular complexity index is 649. The summed E-state index contributed by atoms with van der Waals surface area (Å²) in [5.74, 6) is -0.374. The maximum absolute atomic E-state index is 13.1. The summed E-state index contributed by atoms with van der Waals surface area (Å²) in [5.41, 5.74) is 0.0496. The van der Waals surface area contributed by atoms with Gasteiger partial charge in [0, 0.05) is 6.07 Å². The number of benzene rings is 1. The molecule has 0 atom stereocenters. The molecule has 0 unspecified atom stereocenters. The van der Waals surface area contributed by atoms with E-state index in [4.69, 9.17) is 16.3 Å². The van der Waals surface area contributed by atoms with Gasteiger partial charge in [-0.25, -0.2) is 4.39 Å². The van der Waals surface area contributed by atoms with Crippen molar-refractivity contribution in [2.45, 2.75) is 6.92 Å². The number of pyridine rings is 1. The molecular weight excluding hydrogens is 275 g/mol. The first-order valence-electron chi connectivity index (χ1n) is 5.22. The summed E-state index contributed by atoms with van der Waals surface area (Å²) < 4.78 is 18.4. The van der Waals surface area contributed by atoms with E-state index in [1.54, 1.807) is 6.92 Å². The highest BCUT2D eigenvalue weighted by Crippen LogP contribution is 2.31. The van der Waals surface area contributed by atoms with Gasteiger partial charge in [0.15, 0.2) is 0 Å². The van der Waals surface area contributed by atoms with Gasteiger partial charge in [-0.15, -0.1) is 0 Å². The Morgan fingerprint density at radius 3 is 2.74 bits per heavy atom. The second-order valence-electron chi connectivity index (χ2n) is 3.73. The molecule has 1 aromatic heterocycles. The maximum atomic E-state index is 13.1. The lowest BCUT2D eigenvalue weighted by Crippen LogP contribution is -1.96. The summed E-state index contributed by atoms with van der Waals surface area (Å²) in [5, 5.41) is 10.9. The molecule has 19 heavy (non-hydrogen) atoms. The van der Waals surface area contributed by atoms with E-state index >= 15 is 0 Å². The molecule has 0 spiro atoms. The highest BCUT2D eigenvalue weighted by molar-refractivity contribution is 6.29. The van der Waals surface area contributed by atoms with Crippen molar-refractivity contribution in [3.8, 4) is 11.6 Å². The minimum absolute atomic E-state index is 0.0689. The number of ether oxygens (including phenoxy) is 1. The van der Waals surface area contributed by atoms with Crippen molar-refractivity contribution < 1.29 is 14.1 Å². The molecule has 0 saturated heterocycles. The molecule has 0 aliphatic carbocycles. The van der Waals surface area contributed by atoms with Crippen LogP contribution in [0.15, 0.2) is 30.3 Å². The first-order valence-corrected chi connectivity index (χ1v) is 5.60. The topological polar surface area (TPSA) is 65.3 Å². The van der Waals surface area contributed by atoms with Crippen molar-refractivity contribution in [3.63, 3.8) is 0 Å². The van der Waals surface area contributed by atoms with Crippen LogP contribution in [0.1, 0.15) is 5.56 Å². The van der Waals surface area contributed by atoms with Crippen LogP contribution in [0.5, 0.6) is 11.6 Å². The third-order valence-electron chi connectivity index (χ3n) is 2.35. The third kappa shape index (κ3) is 2.97. The fourth-order valence-corrected chi connectivity index (χ4v) is 1.56. The SMILES string of the molecule is Cc1cc(Oc2nc(Cl)ccc2[N+](=O)[O-])ccc1F. The molecular formula is C12H8ClFN2O3. The fraction of sp³-hybridized carbons (Fsp3) is 0.0833. The van der Waals surface area contributed by atoms with Gasteiger partial charge >= 0.3 is 11.6 Å². The zero-order valence-corrected chi connectivity index (χ0v) is 10.5. The maximum Gasteiger partial charge on any atom is 0.331 e. The van der Waals surface area contributed by atoms with Gasteiger partial charge in [-0.1, -0.05) is 11.6 Å². The van der Waals surface area contributed by atoms with Crippen molar-refractivity contribution in [3.05, 3.63) is 57.0 Å². The molecule has 7 heteroatoms. The number of hydrogen-bond donors (Lipinski definition) is 0. The Labute approximate surface area is 112 Å². The molecule has 98 valence electrons. The number of nitrogens with zero attached hydrogens (tertiary/aromatic N) is 2. The Kier molecular flexibility index (Phi) is 3.62. The summed E-state index contributed by atoms with van der Waals surface area (Å²) in [6, 6.07) is 6.47. The smallest absolute Gasteiger partial charge is 0.331 e. The highest BCUT2D eigenvalue weighted by Gasteiger charge is 2.18. The van der Waals surface area contributed by atoms with Crippen LogP contribution in [0, 0.1) is 22.9 Å². The van der Waals surface area contributed by atoms with Crippen LogP contribution in [0.3, 0.4) is 0 Å². The van der Waals surface area contributed by atoms with E-state index in [-0.39, 0.29) is 28.3 Å². The van der Waals surface area contributed by atoms with Crippen molar-refractivity contribution in [2.75, 3.05) is 0 Å². The van der Waals surface area contributed by atoms with Gasteiger partial charge < -0.3 is 4.74 Å². The van der Waals surface area contributed by atoms with Gasteiger partial charge in [0.1, 0.15) is 16.7 Å². The van der Waals surface area contributed by atoms with E-state index in [9.17, 15) is 14.5 Å². The van der Waals surface area contributed by atoms with Crippen molar-refractivity contribution in [2.24, 2.45) is 0 Å². The van der Waals surface area contributed by atoms with Crippen LogP contribution in [-0.2, 0) is 0 Å². The van der Waals surface area contributed by atoms with E-state index in [2.05, 4.69) is 4.98 Å². The summed E-state index contributed by atoms with van der Waals surface area (Å²) >= 11 is 5.67. The summed E-state index contributed by atoms with van der Waals surface area (Å²) in [6.45, 7) is 1.56. The molecule has 0 fully saturated rings. The second kappa shape index (κ2) is 5.19. The predicted octanol–water partition coefficient (Wildman–Crippen LogP) is 3.88. The monoisotopic (exact) mass is 282 g/mol. The molecule has 1 heterocycles. The minimum Gasteiger partial charge on any atom is -0.434 e. The van der Waals surface area contributed by atoms with E-state index in [1.807, 2.05) is 0 Å². The number of aryl methyl sites for hydroxylation is 1. The third-order valence-corrected chi connectivity index (χ3v) is 2.56. The molecule has 0 bridgehead atoms. The van der Waals surface area contributed by atoms with Gasteiger partial charge in [-0.3, -0.25) is 10.1 Å². The fourth-order valence-electron chi connectivity index (χ4n) is 1.42. The number of nitro groups is 1. The van der Waals surface area contributed by atoms with Crippen LogP contribution < -0.4 is 4.74 Å². The van der Waals surface area contributed by atoms with Gasteiger partial charge in [0.2, 0.25) is 0 Å². The molecule has 2 aromatic rings. The standard InChI is InChI=1S/C12H8ClFN2O3/c1-7-6-8(2-3-9(7)14)19-12-10(16(17)18)4-5-11(13)15-12/h2-6H,1H3. The van der Waals surface area contributed by atoms with Gasteiger partial charge in [-0.2, -0.15) is 4.98 Å². The molecule has 1 aromatic carbocycles. The number of rotatable bonds is 3. The molecule has 5 nitrogen and oxygen atoms in total. The molecule has 0 saturated carbocycles. The van der Waals surface area contributed by atoms with Crippen molar-refractivity contribution in [1.82, 2.24) is 4.98 Å². The van der Waals surface area contributed by atoms with E-state index in [0.717, 1.165) is 0 Å². The molecule has 2 rings (SSSR count). The average Bonchev–Trinajstić information content (AvgIpc) is 2.33. The lowest BCUT2D eigenvalue weighted by Gasteiger charge is -2.06. The average molecular weight is 283 g/mol. The van der Waals surface area contributed by atoms with E-state index < -0.39 is 4.92 Å². The minimum atomic E-state index is -0.630. The van der Waals surface area contributed by atoms with Gasteiger partial charge in [0.25, 0.3) is 0 Å². The lowest BCUT2D eigenvalue weighted by molar-refractivity contribution is -0.386. The molecule has 0 amide bonds. The predicted molar refractivity (Wildman–Crippen MR) is 67.1 cm³/mol. The summed E-state index contributed by atoms with van der Waals surface area (Å²) in [4.78, 5) is 13.9. The Hall–Kier alpha value is -2.21. The van der Waals surface area contributed by atoms with E-state index in [1.165, 1.54) is 30.3 Å². The first kappa shape index (κ1) is 13.2. The zero-order chi connectivity index (χ0) is 14.0. The Morgan fingerprint density at radius 1 is 1.37 bits per heavy atom. The molecule has 0 aliphatic rings. The molecule has 0 aliphatic heterocycles. The normalized spacial score (nSPS) is 10.3. The van der Waals surface area contributed by atoms with Gasteiger partial charge in [0.05, 0.1) is 4.92 Å².